The SMILES string of the molecule is Cc1nn(C)cc1CNc1ccc(Cl)cc1Cl. The van der Waals surface area contributed by atoms with E-state index in [9.17, 15) is 0 Å². The Kier molecular flexibility index (Phi) is 3.60. The summed E-state index contributed by atoms with van der Waals surface area (Å²) in [5.74, 6) is 0. The highest BCUT2D eigenvalue weighted by Crippen LogP contribution is 2.25. The normalized spacial score (nSPS) is 10.6. The van der Waals surface area contributed by atoms with E-state index < -0.39 is 0 Å². The molecule has 0 fully saturated rings. The Balaban J connectivity index is 2.10. The van der Waals surface area contributed by atoms with Gasteiger partial charge in [0.05, 0.1) is 16.4 Å². The molecule has 2 rings (SSSR count). The van der Waals surface area contributed by atoms with Gasteiger partial charge < -0.3 is 5.32 Å². The van der Waals surface area contributed by atoms with E-state index in [1.165, 1.54) is 0 Å². The molecule has 17 heavy (non-hydrogen) atoms. The van der Waals surface area contributed by atoms with Crippen LogP contribution in [0.4, 0.5) is 5.69 Å². The first-order valence-electron chi connectivity index (χ1n) is 5.24. The zero-order valence-corrected chi connectivity index (χ0v) is 11.2. The molecule has 1 aromatic carbocycles. The first-order chi connectivity index (χ1) is 8.06. The highest BCUT2D eigenvalue weighted by atomic mass is 35.5. The molecule has 5 heteroatoms. The quantitative estimate of drug-likeness (QED) is 0.922. The standard InChI is InChI=1S/C12H13Cl2N3/c1-8-9(7-17(2)16-8)6-15-12-4-3-10(13)5-11(12)14/h3-5,7,15H,6H2,1-2H3. The highest BCUT2D eigenvalue weighted by Gasteiger charge is 2.04. The van der Waals surface area contributed by atoms with E-state index in [2.05, 4.69) is 10.4 Å². The minimum atomic E-state index is 0.624. The molecule has 0 spiro atoms. The molecule has 0 atom stereocenters. The minimum absolute atomic E-state index is 0.624. The number of anilines is 1. The average molecular weight is 270 g/mol. The summed E-state index contributed by atoms with van der Waals surface area (Å²) in [4.78, 5) is 0. The first kappa shape index (κ1) is 12.3. The second-order valence-corrected chi connectivity index (χ2v) is 4.73. The van der Waals surface area contributed by atoms with Gasteiger partial charge >= 0.3 is 0 Å². The lowest BCUT2D eigenvalue weighted by Gasteiger charge is -2.07. The topological polar surface area (TPSA) is 29.9 Å². The maximum Gasteiger partial charge on any atom is 0.0652 e. The Morgan fingerprint density at radius 3 is 2.71 bits per heavy atom. The third-order valence-corrected chi connectivity index (χ3v) is 3.06. The predicted octanol–water partition coefficient (Wildman–Crippen LogP) is 3.65. The smallest absolute Gasteiger partial charge is 0.0652 e. The molecule has 0 amide bonds. The molecule has 1 heterocycles. The third kappa shape index (κ3) is 2.93. The first-order valence-corrected chi connectivity index (χ1v) is 6.00. The average Bonchev–Trinajstić information content (AvgIpc) is 2.56. The van der Waals surface area contributed by atoms with Crippen LogP contribution in [0.15, 0.2) is 24.4 Å². The fraction of sp³-hybridized carbons (Fsp3) is 0.250. The Bertz CT molecular complexity index is 535. The van der Waals surface area contributed by atoms with Crippen molar-refractivity contribution < 1.29 is 0 Å². The molecule has 0 saturated carbocycles. The van der Waals surface area contributed by atoms with Crippen LogP contribution >= 0.6 is 23.2 Å². The Morgan fingerprint density at radius 2 is 2.12 bits per heavy atom. The number of aromatic nitrogens is 2. The second-order valence-electron chi connectivity index (χ2n) is 3.89. The van der Waals surface area contributed by atoms with Gasteiger partial charge in [0.15, 0.2) is 0 Å². The van der Waals surface area contributed by atoms with E-state index in [-0.39, 0.29) is 0 Å². The Labute approximate surface area is 110 Å². The third-order valence-electron chi connectivity index (χ3n) is 2.52. The number of hydrogen-bond acceptors (Lipinski definition) is 2. The van der Waals surface area contributed by atoms with Gasteiger partial charge in [-0.2, -0.15) is 5.10 Å². The van der Waals surface area contributed by atoms with Crippen molar-refractivity contribution in [1.29, 1.82) is 0 Å². The number of nitrogens with one attached hydrogen (secondary N) is 1. The molecule has 1 aromatic heterocycles. The lowest BCUT2D eigenvalue weighted by atomic mass is 10.2. The fourth-order valence-electron chi connectivity index (χ4n) is 1.65. The van der Waals surface area contributed by atoms with Crippen molar-refractivity contribution in [3.8, 4) is 0 Å². The molecule has 0 aliphatic rings. The molecule has 0 unspecified atom stereocenters. The Morgan fingerprint density at radius 1 is 1.35 bits per heavy atom. The van der Waals surface area contributed by atoms with Gasteiger partial charge in [-0.1, -0.05) is 23.2 Å². The van der Waals surface area contributed by atoms with Gasteiger partial charge in [-0.05, 0) is 25.1 Å². The summed E-state index contributed by atoms with van der Waals surface area (Å²) in [7, 11) is 1.91. The van der Waals surface area contributed by atoms with Gasteiger partial charge in [-0.25, -0.2) is 0 Å². The van der Waals surface area contributed by atoms with Crippen molar-refractivity contribution in [2.45, 2.75) is 13.5 Å². The number of benzene rings is 1. The van der Waals surface area contributed by atoms with Crippen LogP contribution in [0.2, 0.25) is 10.0 Å². The van der Waals surface area contributed by atoms with Crippen LogP contribution in [0.1, 0.15) is 11.3 Å². The van der Waals surface area contributed by atoms with Gasteiger partial charge in [0.2, 0.25) is 0 Å². The molecule has 0 saturated heterocycles. The van der Waals surface area contributed by atoms with Gasteiger partial charge in [-0.15, -0.1) is 0 Å². The summed E-state index contributed by atoms with van der Waals surface area (Å²) in [5, 5.41) is 8.81. The van der Waals surface area contributed by atoms with Crippen LogP contribution in [0.3, 0.4) is 0 Å². The number of halogens is 2. The van der Waals surface area contributed by atoms with Crippen molar-refractivity contribution >= 4 is 28.9 Å². The van der Waals surface area contributed by atoms with Gasteiger partial charge in [0, 0.05) is 30.4 Å². The summed E-state index contributed by atoms with van der Waals surface area (Å²) in [6, 6.07) is 5.41. The largest absolute Gasteiger partial charge is 0.380 e. The summed E-state index contributed by atoms with van der Waals surface area (Å²) < 4.78 is 1.80. The van der Waals surface area contributed by atoms with Crippen LogP contribution < -0.4 is 5.32 Å². The van der Waals surface area contributed by atoms with Crippen LogP contribution in [0.25, 0.3) is 0 Å². The summed E-state index contributed by atoms with van der Waals surface area (Å²) in [5.41, 5.74) is 3.04. The molecule has 1 N–H and O–H groups in total. The zero-order chi connectivity index (χ0) is 12.4. The van der Waals surface area contributed by atoms with E-state index in [1.807, 2.05) is 32.3 Å². The number of rotatable bonds is 3. The predicted molar refractivity (Wildman–Crippen MR) is 71.7 cm³/mol. The van der Waals surface area contributed by atoms with E-state index in [0.29, 0.717) is 16.6 Å². The van der Waals surface area contributed by atoms with Gasteiger partial charge in [-0.3, -0.25) is 4.68 Å². The van der Waals surface area contributed by atoms with Gasteiger partial charge in [0.25, 0.3) is 0 Å². The van der Waals surface area contributed by atoms with Crippen molar-refractivity contribution in [2.24, 2.45) is 7.05 Å². The molecule has 0 aliphatic heterocycles. The van der Waals surface area contributed by atoms with Crippen LogP contribution in [-0.4, -0.2) is 9.78 Å². The summed E-state index contributed by atoms with van der Waals surface area (Å²) in [6.45, 7) is 2.68. The zero-order valence-electron chi connectivity index (χ0n) is 9.67. The molecule has 3 nitrogen and oxygen atoms in total. The molecular weight excluding hydrogens is 257 g/mol. The molecular formula is C12H13Cl2N3. The van der Waals surface area contributed by atoms with Crippen LogP contribution in [0, 0.1) is 6.92 Å². The minimum Gasteiger partial charge on any atom is -0.380 e. The maximum atomic E-state index is 6.07. The second kappa shape index (κ2) is 4.98. The van der Waals surface area contributed by atoms with Crippen LogP contribution in [-0.2, 0) is 13.6 Å². The number of nitrogens with zero attached hydrogens (tertiary/aromatic N) is 2. The molecule has 2 aromatic rings. The molecule has 0 aliphatic carbocycles. The van der Waals surface area contributed by atoms with Crippen molar-refractivity contribution in [1.82, 2.24) is 9.78 Å². The van der Waals surface area contributed by atoms with E-state index in [4.69, 9.17) is 23.2 Å². The van der Waals surface area contributed by atoms with Crippen molar-refractivity contribution in [3.63, 3.8) is 0 Å². The van der Waals surface area contributed by atoms with Gasteiger partial charge in [0.1, 0.15) is 0 Å². The highest BCUT2D eigenvalue weighted by molar-refractivity contribution is 6.36. The number of hydrogen-bond donors (Lipinski definition) is 1. The maximum absolute atomic E-state index is 6.07. The molecule has 0 bridgehead atoms. The number of aryl methyl sites for hydroxylation is 2. The van der Waals surface area contributed by atoms with E-state index in [1.54, 1.807) is 10.7 Å². The summed E-state index contributed by atoms with van der Waals surface area (Å²) in [6.07, 6.45) is 1.99. The van der Waals surface area contributed by atoms with Crippen molar-refractivity contribution in [2.75, 3.05) is 5.32 Å². The van der Waals surface area contributed by atoms with E-state index in [0.717, 1.165) is 16.9 Å². The van der Waals surface area contributed by atoms with E-state index >= 15 is 0 Å². The molecule has 0 radical (unpaired) electrons. The monoisotopic (exact) mass is 269 g/mol. The summed E-state index contributed by atoms with van der Waals surface area (Å²) >= 11 is 11.9. The lowest BCUT2D eigenvalue weighted by molar-refractivity contribution is 0.756. The lowest BCUT2D eigenvalue weighted by Crippen LogP contribution is -2.00. The fourth-order valence-corrected chi connectivity index (χ4v) is 2.12. The molecule has 90 valence electrons. The van der Waals surface area contributed by atoms with Crippen LogP contribution in [0.5, 0.6) is 0 Å². The van der Waals surface area contributed by atoms with Crippen molar-refractivity contribution in [3.05, 3.63) is 45.7 Å². The Hall–Kier alpha value is -1.19.